The molecule has 0 bridgehead atoms. The molecule has 0 radical (unpaired) electrons. The van der Waals surface area contributed by atoms with Crippen molar-refractivity contribution in [2.75, 3.05) is 5.32 Å². The Labute approximate surface area is 157 Å². The number of nitrogens with zero attached hydrogens (tertiary/aromatic N) is 2. The fourth-order valence-electron chi connectivity index (χ4n) is 1.98. The maximum atomic E-state index is 12.1. The quantitative estimate of drug-likeness (QED) is 0.487. The van der Waals surface area contributed by atoms with E-state index in [1.807, 2.05) is 6.07 Å². The van der Waals surface area contributed by atoms with Crippen LogP contribution in [0.3, 0.4) is 0 Å². The lowest BCUT2D eigenvalue weighted by atomic mass is 10.2. The van der Waals surface area contributed by atoms with Crippen molar-refractivity contribution in [3.8, 4) is 17.4 Å². The van der Waals surface area contributed by atoms with E-state index in [1.165, 1.54) is 17.4 Å². The van der Waals surface area contributed by atoms with Gasteiger partial charge in [-0.1, -0.05) is 23.2 Å². The van der Waals surface area contributed by atoms with E-state index in [9.17, 15) is 10.1 Å². The Morgan fingerprint density at radius 3 is 2.80 bits per heavy atom. The zero-order chi connectivity index (χ0) is 17.8. The zero-order valence-corrected chi connectivity index (χ0v) is 14.8. The highest BCUT2D eigenvalue weighted by molar-refractivity contribution is 7.13. The molecule has 0 saturated carbocycles. The lowest BCUT2D eigenvalue weighted by Gasteiger charge is -2.00. The molecule has 0 aliphatic rings. The maximum Gasteiger partial charge on any atom is 0.268 e. The molecule has 1 N–H and O–H groups in total. The number of hydrogen-bond donors (Lipinski definition) is 1. The number of nitriles is 1. The molecule has 0 atom stereocenters. The van der Waals surface area contributed by atoms with Crippen LogP contribution in [0.5, 0.6) is 0 Å². The molecule has 124 valence electrons. The number of aromatic nitrogens is 1. The number of benzene rings is 1. The number of carbonyl (C=O) groups excluding carboxylic acids is 1. The van der Waals surface area contributed by atoms with Crippen LogP contribution in [0.25, 0.3) is 17.4 Å². The van der Waals surface area contributed by atoms with E-state index in [0.717, 1.165) is 5.56 Å². The van der Waals surface area contributed by atoms with Crippen LogP contribution in [0.4, 0.5) is 5.13 Å². The van der Waals surface area contributed by atoms with E-state index in [1.54, 1.807) is 41.9 Å². The number of rotatable bonds is 4. The Kier molecular flexibility index (Phi) is 5.19. The van der Waals surface area contributed by atoms with Gasteiger partial charge in [-0.3, -0.25) is 10.1 Å². The smallest absolute Gasteiger partial charge is 0.268 e. The summed E-state index contributed by atoms with van der Waals surface area (Å²) >= 11 is 13.2. The van der Waals surface area contributed by atoms with Crippen LogP contribution < -0.4 is 5.32 Å². The molecule has 3 rings (SSSR count). The summed E-state index contributed by atoms with van der Waals surface area (Å²) in [6.07, 6.45) is 2.93. The maximum absolute atomic E-state index is 12.1. The van der Waals surface area contributed by atoms with Crippen molar-refractivity contribution < 1.29 is 9.21 Å². The van der Waals surface area contributed by atoms with Crippen molar-refractivity contribution in [3.05, 3.63) is 63.3 Å². The molecule has 0 aliphatic carbocycles. The Hall–Kier alpha value is -2.59. The molecule has 1 aromatic carbocycles. The molecule has 5 nitrogen and oxygen atoms in total. The first kappa shape index (κ1) is 17.2. The number of thiazole rings is 1. The van der Waals surface area contributed by atoms with Gasteiger partial charge in [-0.25, -0.2) is 4.98 Å². The third kappa shape index (κ3) is 4.09. The Morgan fingerprint density at radius 2 is 2.12 bits per heavy atom. The molecule has 0 unspecified atom stereocenters. The summed E-state index contributed by atoms with van der Waals surface area (Å²) in [7, 11) is 0. The second-order valence-corrected chi connectivity index (χ2v) is 6.50. The van der Waals surface area contributed by atoms with Crippen molar-refractivity contribution >= 4 is 51.7 Å². The molecule has 3 aromatic rings. The van der Waals surface area contributed by atoms with Crippen molar-refractivity contribution in [3.63, 3.8) is 0 Å². The average molecular weight is 390 g/mol. The summed E-state index contributed by atoms with van der Waals surface area (Å²) in [6.45, 7) is 0. The molecule has 2 heterocycles. The first-order chi connectivity index (χ1) is 12.1. The number of hydrogen-bond acceptors (Lipinski definition) is 5. The highest BCUT2D eigenvalue weighted by Crippen LogP contribution is 2.30. The van der Waals surface area contributed by atoms with Crippen molar-refractivity contribution in [2.45, 2.75) is 0 Å². The van der Waals surface area contributed by atoms with Crippen molar-refractivity contribution in [1.29, 1.82) is 5.26 Å². The van der Waals surface area contributed by atoms with Crippen molar-refractivity contribution in [1.82, 2.24) is 4.98 Å². The minimum absolute atomic E-state index is 0.0924. The van der Waals surface area contributed by atoms with Gasteiger partial charge in [0.2, 0.25) is 0 Å². The zero-order valence-electron chi connectivity index (χ0n) is 12.5. The number of furan rings is 1. The Morgan fingerprint density at radius 1 is 1.28 bits per heavy atom. The largest absolute Gasteiger partial charge is 0.457 e. The van der Waals surface area contributed by atoms with E-state index >= 15 is 0 Å². The number of halogens is 2. The van der Waals surface area contributed by atoms with E-state index < -0.39 is 5.91 Å². The minimum Gasteiger partial charge on any atom is -0.457 e. The average Bonchev–Trinajstić information content (AvgIpc) is 3.27. The first-order valence-electron chi connectivity index (χ1n) is 6.94. The Balaban J connectivity index is 1.82. The fourth-order valence-corrected chi connectivity index (χ4v) is 2.80. The van der Waals surface area contributed by atoms with Gasteiger partial charge < -0.3 is 4.42 Å². The van der Waals surface area contributed by atoms with E-state index in [-0.39, 0.29) is 5.57 Å². The van der Waals surface area contributed by atoms with Crippen LogP contribution in [0.1, 0.15) is 5.76 Å². The van der Waals surface area contributed by atoms with E-state index in [4.69, 9.17) is 27.6 Å². The highest BCUT2D eigenvalue weighted by atomic mass is 35.5. The van der Waals surface area contributed by atoms with Crippen LogP contribution in [-0.4, -0.2) is 10.9 Å². The minimum atomic E-state index is -0.551. The topological polar surface area (TPSA) is 78.9 Å². The van der Waals surface area contributed by atoms with Gasteiger partial charge in [0.15, 0.2) is 5.13 Å². The first-order valence-corrected chi connectivity index (χ1v) is 8.58. The molecule has 25 heavy (non-hydrogen) atoms. The number of amides is 1. The van der Waals surface area contributed by atoms with Gasteiger partial charge in [0.1, 0.15) is 23.2 Å². The second kappa shape index (κ2) is 7.53. The van der Waals surface area contributed by atoms with Crippen LogP contribution in [0.15, 0.2) is 51.9 Å². The molecule has 0 spiro atoms. The van der Waals surface area contributed by atoms with Gasteiger partial charge in [0.05, 0.1) is 10.0 Å². The SMILES string of the molecule is N#C/C(=C\c1ccc(-c2ccc(Cl)c(Cl)c2)o1)C(=O)Nc1nccs1. The molecular weight excluding hydrogens is 381 g/mol. The number of carbonyl (C=O) groups is 1. The third-order valence-corrected chi connectivity index (χ3v) is 4.56. The molecule has 1 amide bonds. The second-order valence-electron chi connectivity index (χ2n) is 4.79. The Bertz CT molecular complexity index is 988. The summed E-state index contributed by atoms with van der Waals surface area (Å²) < 4.78 is 5.66. The summed E-state index contributed by atoms with van der Waals surface area (Å²) in [5.41, 5.74) is 0.644. The lowest BCUT2D eigenvalue weighted by Crippen LogP contribution is -2.13. The molecule has 0 fully saturated rings. The van der Waals surface area contributed by atoms with Gasteiger partial charge in [-0.15, -0.1) is 11.3 Å². The fraction of sp³-hybridized carbons (Fsp3) is 0. The number of nitrogens with one attached hydrogen (secondary N) is 1. The standard InChI is InChI=1S/C17H9Cl2N3O2S/c18-13-3-1-10(8-14(13)19)15-4-2-12(24-15)7-11(9-20)16(23)22-17-21-5-6-25-17/h1-8H,(H,21,22,23)/b11-7+. The molecule has 0 aliphatic heterocycles. The van der Waals surface area contributed by atoms with Gasteiger partial charge in [0.25, 0.3) is 5.91 Å². The highest BCUT2D eigenvalue weighted by Gasteiger charge is 2.13. The molecule has 2 aromatic heterocycles. The summed E-state index contributed by atoms with van der Waals surface area (Å²) in [6, 6.07) is 10.3. The lowest BCUT2D eigenvalue weighted by molar-refractivity contribution is -0.112. The molecular formula is C17H9Cl2N3O2S. The van der Waals surface area contributed by atoms with E-state index in [0.29, 0.717) is 26.7 Å². The van der Waals surface area contributed by atoms with Crippen LogP contribution >= 0.6 is 34.5 Å². The molecule has 8 heteroatoms. The van der Waals surface area contributed by atoms with Gasteiger partial charge in [0, 0.05) is 23.2 Å². The predicted octanol–water partition coefficient (Wildman–Crippen LogP) is 5.26. The van der Waals surface area contributed by atoms with Crippen LogP contribution in [-0.2, 0) is 4.79 Å². The van der Waals surface area contributed by atoms with Gasteiger partial charge >= 0.3 is 0 Å². The van der Waals surface area contributed by atoms with E-state index in [2.05, 4.69) is 10.3 Å². The normalized spacial score (nSPS) is 11.2. The van der Waals surface area contributed by atoms with Crippen LogP contribution in [0.2, 0.25) is 10.0 Å². The summed E-state index contributed by atoms with van der Waals surface area (Å²) in [5, 5.41) is 14.8. The summed E-state index contributed by atoms with van der Waals surface area (Å²) in [4.78, 5) is 16.0. The number of anilines is 1. The predicted molar refractivity (Wildman–Crippen MR) is 98.5 cm³/mol. The van der Waals surface area contributed by atoms with Crippen LogP contribution in [0, 0.1) is 11.3 Å². The van der Waals surface area contributed by atoms with Gasteiger partial charge in [-0.2, -0.15) is 5.26 Å². The molecule has 0 saturated heterocycles. The van der Waals surface area contributed by atoms with Crippen molar-refractivity contribution in [2.24, 2.45) is 0 Å². The summed E-state index contributed by atoms with van der Waals surface area (Å²) in [5.74, 6) is 0.360. The monoisotopic (exact) mass is 389 g/mol. The van der Waals surface area contributed by atoms with Gasteiger partial charge in [-0.05, 0) is 30.3 Å². The third-order valence-electron chi connectivity index (χ3n) is 3.14.